The summed E-state index contributed by atoms with van der Waals surface area (Å²) < 4.78 is 0. The van der Waals surface area contributed by atoms with Crippen molar-refractivity contribution >= 4 is 0 Å². The summed E-state index contributed by atoms with van der Waals surface area (Å²) in [4.78, 5) is 4.18. The summed E-state index contributed by atoms with van der Waals surface area (Å²) in [5.41, 5.74) is 3.96. The lowest BCUT2D eigenvalue weighted by molar-refractivity contribution is 0.543. The highest BCUT2D eigenvalue weighted by molar-refractivity contribution is 5.26. The van der Waals surface area contributed by atoms with Crippen LogP contribution >= 0.6 is 0 Å². The average Bonchev–Trinajstić information content (AvgIpc) is 2.30. The quantitative estimate of drug-likeness (QED) is 0.741. The van der Waals surface area contributed by atoms with Crippen LogP contribution in [0.3, 0.4) is 0 Å². The fourth-order valence-corrected chi connectivity index (χ4v) is 1.92. The summed E-state index contributed by atoms with van der Waals surface area (Å²) in [6.07, 6.45) is 7.05. The monoisotopic (exact) mass is 218 g/mol. The largest absolute Gasteiger partial charge is 0.313 e. The molecule has 2 nitrogen and oxygen atoms in total. The predicted octanol–water partition coefficient (Wildman–Crippen LogP) is 3.26. The summed E-state index contributed by atoms with van der Waals surface area (Å²) >= 11 is 0. The zero-order valence-corrected chi connectivity index (χ0v) is 10.6. The molecule has 0 spiro atoms. The SMILES string of the molecule is C=C(C)CCC(NC)c1ccncc1CC. The van der Waals surface area contributed by atoms with Crippen LogP contribution < -0.4 is 5.32 Å². The highest BCUT2D eigenvalue weighted by Gasteiger charge is 2.12. The van der Waals surface area contributed by atoms with Crippen molar-refractivity contribution in [2.24, 2.45) is 0 Å². The van der Waals surface area contributed by atoms with Gasteiger partial charge in [0.2, 0.25) is 0 Å². The van der Waals surface area contributed by atoms with Gasteiger partial charge in [0.25, 0.3) is 0 Å². The molecular weight excluding hydrogens is 196 g/mol. The second-order valence-electron chi connectivity index (χ2n) is 4.27. The number of hydrogen-bond donors (Lipinski definition) is 1. The summed E-state index contributed by atoms with van der Waals surface area (Å²) in [7, 11) is 2.02. The fourth-order valence-electron chi connectivity index (χ4n) is 1.92. The van der Waals surface area contributed by atoms with E-state index in [-0.39, 0.29) is 0 Å². The molecule has 0 amide bonds. The van der Waals surface area contributed by atoms with E-state index in [1.807, 2.05) is 19.4 Å². The van der Waals surface area contributed by atoms with E-state index >= 15 is 0 Å². The van der Waals surface area contributed by atoms with Crippen molar-refractivity contribution in [2.75, 3.05) is 7.05 Å². The van der Waals surface area contributed by atoms with Gasteiger partial charge in [-0.05, 0) is 50.4 Å². The van der Waals surface area contributed by atoms with Gasteiger partial charge in [-0.1, -0.05) is 12.5 Å². The molecule has 0 aliphatic rings. The van der Waals surface area contributed by atoms with Crippen LogP contribution in [0.2, 0.25) is 0 Å². The first-order chi connectivity index (χ1) is 7.69. The Hall–Kier alpha value is -1.15. The molecule has 1 aromatic heterocycles. The van der Waals surface area contributed by atoms with Crippen LogP contribution in [0.1, 0.15) is 43.9 Å². The van der Waals surface area contributed by atoms with Gasteiger partial charge in [-0.15, -0.1) is 6.58 Å². The Balaban J connectivity index is 2.81. The molecule has 88 valence electrons. The number of aromatic nitrogens is 1. The van der Waals surface area contributed by atoms with Crippen LogP contribution in [0.4, 0.5) is 0 Å². The van der Waals surface area contributed by atoms with Gasteiger partial charge < -0.3 is 5.32 Å². The van der Waals surface area contributed by atoms with Gasteiger partial charge in [0.15, 0.2) is 0 Å². The first-order valence-corrected chi connectivity index (χ1v) is 5.93. The van der Waals surface area contributed by atoms with Gasteiger partial charge in [-0.3, -0.25) is 4.98 Å². The minimum absolute atomic E-state index is 0.412. The molecule has 2 heteroatoms. The molecule has 0 saturated carbocycles. The molecule has 0 fully saturated rings. The zero-order valence-electron chi connectivity index (χ0n) is 10.6. The van der Waals surface area contributed by atoms with Crippen LogP contribution in [0.25, 0.3) is 0 Å². The van der Waals surface area contributed by atoms with E-state index in [1.165, 1.54) is 16.7 Å². The minimum Gasteiger partial charge on any atom is -0.313 e. The third-order valence-corrected chi connectivity index (χ3v) is 2.91. The lowest BCUT2D eigenvalue weighted by Gasteiger charge is -2.19. The minimum atomic E-state index is 0.412. The molecule has 0 aromatic carbocycles. The molecule has 1 aromatic rings. The molecule has 0 saturated heterocycles. The van der Waals surface area contributed by atoms with Crippen molar-refractivity contribution < 1.29 is 0 Å². The Morgan fingerprint density at radius 3 is 2.88 bits per heavy atom. The van der Waals surface area contributed by atoms with Gasteiger partial charge in [0.05, 0.1) is 0 Å². The van der Waals surface area contributed by atoms with Crippen molar-refractivity contribution in [1.82, 2.24) is 10.3 Å². The first-order valence-electron chi connectivity index (χ1n) is 5.93. The molecule has 1 N–H and O–H groups in total. The first kappa shape index (κ1) is 12.9. The molecule has 1 rings (SSSR count). The van der Waals surface area contributed by atoms with Crippen molar-refractivity contribution in [1.29, 1.82) is 0 Å². The average molecular weight is 218 g/mol. The molecule has 1 unspecified atom stereocenters. The Bertz CT molecular complexity index is 344. The highest BCUT2D eigenvalue weighted by atomic mass is 14.9. The van der Waals surface area contributed by atoms with Crippen molar-refractivity contribution in [3.05, 3.63) is 41.7 Å². The van der Waals surface area contributed by atoms with Crippen LogP contribution in [-0.2, 0) is 6.42 Å². The van der Waals surface area contributed by atoms with E-state index in [4.69, 9.17) is 0 Å². The Morgan fingerprint density at radius 1 is 1.56 bits per heavy atom. The molecule has 16 heavy (non-hydrogen) atoms. The molecule has 0 radical (unpaired) electrons. The summed E-state index contributed by atoms with van der Waals surface area (Å²) in [5, 5.41) is 3.38. The summed E-state index contributed by atoms with van der Waals surface area (Å²) in [6.45, 7) is 8.21. The van der Waals surface area contributed by atoms with E-state index in [0.29, 0.717) is 6.04 Å². The van der Waals surface area contributed by atoms with E-state index in [1.54, 1.807) is 0 Å². The molecule has 0 aliphatic carbocycles. The van der Waals surface area contributed by atoms with Crippen LogP contribution in [0.5, 0.6) is 0 Å². The van der Waals surface area contributed by atoms with Crippen molar-refractivity contribution in [2.45, 2.75) is 39.2 Å². The third-order valence-electron chi connectivity index (χ3n) is 2.91. The van der Waals surface area contributed by atoms with Crippen LogP contribution in [-0.4, -0.2) is 12.0 Å². The van der Waals surface area contributed by atoms with Gasteiger partial charge in [-0.2, -0.15) is 0 Å². The number of nitrogens with zero attached hydrogens (tertiary/aromatic N) is 1. The number of allylic oxidation sites excluding steroid dienone is 1. The topological polar surface area (TPSA) is 24.9 Å². The molecule has 1 heterocycles. The summed E-state index contributed by atoms with van der Waals surface area (Å²) in [6, 6.07) is 2.54. The molecule has 0 bridgehead atoms. The number of hydrogen-bond acceptors (Lipinski definition) is 2. The second-order valence-corrected chi connectivity index (χ2v) is 4.27. The van der Waals surface area contributed by atoms with Gasteiger partial charge in [0, 0.05) is 18.4 Å². The molecule has 0 aliphatic heterocycles. The number of nitrogens with one attached hydrogen (secondary N) is 1. The predicted molar refractivity (Wildman–Crippen MR) is 69.5 cm³/mol. The Morgan fingerprint density at radius 2 is 2.31 bits per heavy atom. The molecular formula is C14H22N2. The van der Waals surface area contributed by atoms with E-state index in [9.17, 15) is 0 Å². The normalized spacial score (nSPS) is 12.4. The Kier molecular flexibility index (Phi) is 5.20. The van der Waals surface area contributed by atoms with Crippen LogP contribution in [0, 0.1) is 0 Å². The maximum absolute atomic E-state index is 4.18. The lowest BCUT2D eigenvalue weighted by Crippen LogP contribution is -2.18. The highest BCUT2D eigenvalue weighted by Crippen LogP contribution is 2.23. The van der Waals surface area contributed by atoms with Gasteiger partial charge >= 0.3 is 0 Å². The van der Waals surface area contributed by atoms with E-state index in [2.05, 4.69) is 36.8 Å². The fraction of sp³-hybridized carbons (Fsp3) is 0.500. The molecule has 1 atom stereocenters. The smallest absolute Gasteiger partial charge is 0.0324 e. The number of aryl methyl sites for hydroxylation is 1. The third kappa shape index (κ3) is 3.46. The maximum Gasteiger partial charge on any atom is 0.0324 e. The summed E-state index contributed by atoms with van der Waals surface area (Å²) in [5.74, 6) is 0. The Labute approximate surface area is 98.8 Å². The van der Waals surface area contributed by atoms with Gasteiger partial charge in [-0.25, -0.2) is 0 Å². The van der Waals surface area contributed by atoms with Crippen LogP contribution in [0.15, 0.2) is 30.6 Å². The standard InChI is InChI=1S/C14H22N2/c1-5-12-10-16-9-8-13(12)14(15-4)7-6-11(2)3/h8-10,14-15H,2,5-7H2,1,3-4H3. The maximum atomic E-state index is 4.18. The second kappa shape index (κ2) is 6.44. The number of pyridine rings is 1. The van der Waals surface area contributed by atoms with Gasteiger partial charge in [0.1, 0.15) is 0 Å². The lowest BCUT2D eigenvalue weighted by atomic mass is 9.96. The zero-order chi connectivity index (χ0) is 12.0. The van der Waals surface area contributed by atoms with Crippen molar-refractivity contribution in [3.63, 3.8) is 0 Å². The van der Waals surface area contributed by atoms with E-state index < -0.39 is 0 Å². The van der Waals surface area contributed by atoms with Crippen molar-refractivity contribution in [3.8, 4) is 0 Å². The van der Waals surface area contributed by atoms with E-state index in [0.717, 1.165) is 19.3 Å². The number of rotatable bonds is 6.